The van der Waals surface area contributed by atoms with E-state index >= 15 is 0 Å². The molecule has 0 aromatic heterocycles. The molecule has 10 heteroatoms. The van der Waals surface area contributed by atoms with E-state index in [9.17, 15) is 29.6 Å². The predicted molar refractivity (Wildman–Crippen MR) is 149 cm³/mol. The minimum absolute atomic E-state index is 0.0249. The lowest BCUT2D eigenvalue weighted by Gasteiger charge is -2.18. The quantitative estimate of drug-likeness (QED) is 0.128. The molecule has 0 bridgehead atoms. The third kappa shape index (κ3) is 6.68. The second-order valence-electron chi connectivity index (χ2n) is 8.49. The van der Waals surface area contributed by atoms with Crippen LogP contribution in [0.2, 0.25) is 0 Å². The Morgan fingerprint density at radius 3 is 2.23 bits per heavy atom. The summed E-state index contributed by atoms with van der Waals surface area (Å²) in [7, 11) is 0. The fraction of sp³-hybridized carbons (Fsp3) is 0.0690. The second kappa shape index (κ2) is 12.1. The van der Waals surface area contributed by atoms with Gasteiger partial charge in [-0.15, -0.1) is 11.8 Å². The molecule has 196 valence electrons. The van der Waals surface area contributed by atoms with E-state index < -0.39 is 22.0 Å². The van der Waals surface area contributed by atoms with Gasteiger partial charge in [-0.3, -0.25) is 19.7 Å². The van der Waals surface area contributed by atoms with Gasteiger partial charge in [0, 0.05) is 22.7 Å². The van der Waals surface area contributed by atoms with E-state index in [4.69, 9.17) is 0 Å². The van der Waals surface area contributed by atoms with Gasteiger partial charge in [0.1, 0.15) is 5.25 Å². The largest absolute Gasteiger partial charge is 0.478 e. The summed E-state index contributed by atoms with van der Waals surface area (Å²) >= 11 is 1.24. The maximum Gasteiger partial charge on any atom is 0.336 e. The number of hydrogen-bond acceptors (Lipinski definition) is 6. The van der Waals surface area contributed by atoms with Crippen LogP contribution in [0.5, 0.6) is 0 Å². The number of rotatable bonds is 9. The summed E-state index contributed by atoms with van der Waals surface area (Å²) in [5.74, 6) is -2.16. The van der Waals surface area contributed by atoms with E-state index in [1.807, 2.05) is 30.3 Å². The lowest BCUT2D eigenvalue weighted by molar-refractivity contribution is -0.384. The van der Waals surface area contributed by atoms with E-state index in [-0.39, 0.29) is 22.7 Å². The topological polar surface area (TPSA) is 139 Å². The van der Waals surface area contributed by atoms with Crippen molar-refractivity contribution in [2.24, 2.45) is 0 Å². The summed E-state index contributed by atoms with van der Waals surface area (Å²) in [5.41, 5.74) is 1.94. The number of nitrogens with zero attached hydrogens (tertiary/aromatic N) is 1. The molecule has 9 nitrogen and oxygen atoms in total. The van der Waals surface area contributed by atoms with E-state index in [0.717, 1.165) is 0 Å². The molecule has 4 aromatic carbocycles. The monoisotopic (exact) mass is 541 g/mol. The Kier molecular flexibility index (Phi) is 8.37. The molecule has 1 atom stereocenters. The Balaban J connectivity index is 1.58. The molecule has 0 aliphatic carbocycles. The minimum Gasteiger partial charge on any atom is -0.478 e. The van der Waals surface area contributed by atoms with Crippen molar-refractivity contribution >= 4 is 46.6 Å². The van der Waals surface area contributed by atoms with Gasteiger partial charge in [0.05, 0.1) is 21.7 Å². The summed E-state index contributed by atoms with van der Waals surface area (Å²) in [6.45, 7) is 1.75. The smallest absolute Gasteiger partial charge is 0.336 e. The van der Waals surface area contributed by atoms with Gasteiger partial charge in [-0.25, -0.2) is 4.79 Å². The van der Waals surface area contributed by atoms with Crippen LogP contribution in [-0.4, -0.2) is 27.8 Å². The van der Waals surface area contributed by atoms with Crippen molar-refractivity contribution in [3.05, 3.63) is 129 Å². The maximum absolute atomic E-state index is 13.5. The number of carbonyl (C=O) groups is 3. The molecule has 0 fully saturated rings. The molecule has 0 saturated carbocycles. The van der Waals surface area contributed by atoms with E-state index in [1.54, 1.807) is 49.4 Å². The number of carboxylic acid groups (broad SMARTS) is 1. The highest BCUT2D eigenvalue weighted by Gasteiger charge is 2.24. The zero-order valence-electron chi connectivity index (χ0n) is 20.7. The van der Waals surface area contributed by atoms with Crippen LogP contribution in [0.15, 0.2) is 102 Å². The Labute approximate surface area is 228 Å². The fourth-order valence-electron chi connectivity index (χ4n) is 3.81. The number of nitro benzene ring substituents is 1. The minimum atomic E-state index is -1.21. The first-order valence-corrected chi connectivity index (χ1v) is 12.6. The van der Waals surface area contributed by atoms with Crippen molar-refractivity contribution in [2.75, 3.05) is 10.6 Å². The molecule has 4 aromatic rings. The summed E-state index contributed by atoms with van der Waals surface area (Å²) in [4.78, 5) is 49.2. The zero-order chi connectivity index (χ0) is 27.9. The van der Waals surface area contributed by atoms with Gasteiger partial charge >= 0.3 is 5.97 Å². The molecule has 39 heavy (non-hydrogen) atoms. The number of aromatic carboxylic acids is 1. The number of nitrogens with one attached hydrogen (secondary N) is 2. The molecule has 0 aliphatic rings. The number of non-ortho nitro benzene ring substituents is 1. The average molecular weight is 542 g/mol. The number of hydrogen-bond donors (Lipinski definition) is 3. The molecule has 0 aliphatic heterocycles. The highest BCUT2D eigenvalue weighted by Crippen LogP contribution is 2.37. The average Bonchev–Trinajstić information content (AvgIpc) is 2.93. The molecule has 0 radical (unpaired) electrons. The molecule has 0 saturated heterocycles. The van der Waals surface area contributed by atoms with Crippen molar-refractivity contribution in [3.63, 3.8) is 0 Å². The summed E-state index contributed by atoms with van der Waals surface area (Å²) in [6.07, 6.45) is 0. The Bertz CT molecular complexity index is 1560. The highest BCUT2D eigenvalue weighted by atomic mass is 32.2. The van der Waals surface area contributed by atoms with Crippen LogP contribution >= 0.6 is 11.8 Å². The van der Waals surface area contributed by atoms with Crippen LogP contribution in [0.25, 0.3) is 0 Å². The van der Waals surface area contributed by atoms with Gasteiger partial charge in [0.2, 0.25) is 5.91 Å². The summed E-state index contributed by atoms with van der Waals surface area (Å²) < 4.78 is 0. The number of aryl methyl sites for hydroxylation is 1. The lowest BCUT2D eigenvalue weighted by Crippen LogP contribution is -2.19. The van der Waals surface area contributed by atoms with Crippen LogP contribution in [0.4, 0.5) is 17.1 Å². The highest BCUT2D eigenvalue weighted by molar-refractivity contribution is 8.00. The van der Waals surface area contributed by atoms with Gasteiger partial charge < -0.3 is 15.7 Å². The number of anilines is 2. The molecule has 0 heterocycles. The van der Waals surface area contributed by atoms with Gasteiger partial charge in [-0.05, 0) is 48.4 Å². The van der Waals surface area contributed by atoms with Crippen molar-refractivity contribution in [1.29, 1.82) is 0 Å². The molecule has 2 amide bonds. The third-order valence-electron chi connectivity index (χ3n) is 5.78. The van der Waals surface area contributed by atoms with E-state index in [2.05, 4.69) is 10.6 Å². The predicted octanol–water partition coefficient (Wildman–Crippen LogP) is 6.33. The zero-order valence-corrected chi connectivity index (χ0v) is 21.5. The van der Waals surface area contributed by atoms with Gasteiger partial charge in [0.25, 0.3) is 11.6 Å². The van der Waals surface area contributed by atoms with Crippen molar-refractivity contribution in [2.45, 2.75) is 17.1 Å². The number of carboxylic acids is 1. The molecule has 0 spiro atoms. The summed E-state index contributed by atoms with van der Waals surface area (Å²) in [5, 5.41) is 25.4. The van der Waals surface area contributed by atoms with Crippen molar-refractivity contribution < 1.29 is 24.4 Å². The number of carbonyl (C=O) groups excluding carboxylic acids is 2. The van der Waals surface area contributed by atoms with Crippen molar-refractivity contribution in [3.8, 4) is 0 Å². The number of benzene rings is 4. The molecular weight excluding hydrogens is 518 g/mol. The van der Waals surface area contributed by atoms with Crippen LogP contribution in [0.1, 0.15) is 37.1 Å². The number of thioether (sulfide) groups is 1. The van der Waals surface area contributed by atoms with E-state index in [0.29, 0.717) is 27.4 Å². The number of nitro groups is 1. The first kappa shape index (κ1) is 27.1. The Morgan fingerprint density at radius 1 is 0.846 bits per heavy atom. The first-order chi connectivity index (χ1) is 18.7. The van der Waals surface area contributed by atoms with Crippen LogP contribution < -0.4 is 10.6 Å². The lowest BCUT2D eigenvalue weighted by atomic mass is 10.1. The van der Waals surface area contributed by atoms with Crippen molar-refractivity contribution in [1.82, 2.24) is 0 Å². The molecule has 4 rings (SSSR count). The van der Waals surface area contributed by atoms with Crippen LogP contribution in [-0.2, 0) is 4.79 Å². The molecule has 1 unspecified atom stereocenters. The normalized spacial score (nSPS) is 11.3. The molecule has 3 N–H and O–H groups in total. The first-order valence-electron chi connectivity index (χ1n) is 11.7. The van der Waals surface area contributed by atoms with Gasteiger partial charge in [0.15, 0.2) is 0 Å². The van der Waals surface area contributed by atoms with Crippen LogP contribution in [0.3, 0.4) is 0 Å². The van der Waals surface area contributed by atoms with Gasteiger partial charge in [-0.2, -0.15) is 0 Å². The summed E-state index contributed by atoms with van der Waals surface area (Å²) in [6, 6.07) is 26.1. The number of amides is 2. The fourth-order valence-corrected chi connectivity index (χ4v) is 4.89. The second-order valence-corrected chi connectivity index (χ2v) is 9.67. The van der Waals surface area contributed by atoms with E-state index in [1.165, 1.54) is 36.0 Å². The maximum atomic E-state index is 13.5. The van der Waals surface area contributed by atoms with Crippen LogP contribution in [0, 0.1) is 17.0 Å². The SMILES string of the molecule is Cc1ccc([N+](=O)[O-])cc1NC(=O)C(Sc1cccc(NC(=O)c2ccccc2C(=O)O)c1)c1ccccc1. The Hall–Kier alpha value is -4.96. The molecular formula is C29H23N3O6S. The third-order valence-corrected chi connectivity index (χ3v) is 7.03. The van der Waals surface area contributed by atoms with Gasteiger partial charge in [-0.1, -0.05) is 54.6 Å². The standard InChI is InChI=1S/C29H23N3O6S/c1-18-14-15-21(32(37)38)17-25(18)31-28(34)26(19-8-3-2-4-9-19)39-22-11-7-10-20(16-22)30-27(33)23-12-5-6-13-24(23)29(35)36/h2-17,26H,1H3,(H,30,33)(H,31,34)(H,35,36). The Morgan fingerprint density at radius 2 is 1.54 bits per heavy atom.